The summed E-state index contributed by atoms with van der Waals surface area (Å²) in [7, 11) is 0. The monoisotopic (exact) mass is 280 g/mol. The lowest BCUT2D eigenvalue weighted by molar-refractivity contribution is 0.340. The normalized spacial score (nSPS) is 10.5. The van der Waals surface area contributed by atoms with Crippen molar-refractivity contribution in [2.75, 3.05) is 12.3 Å². The Kier molecular flexibility index (Phi) is 3.60. The maximum atomic E-state index is 5.96. The number of ether oxygens (including phenoxy) is 1. The van der Waals surface area contributed by atoms with Crippen LogP contribution in [0.2, 0.25) is 0 Å². The molecule has 4 nitrogen and oxygen atoms in total. The smallest absolute Gasteiger partial charge is 0.176 e. The summed E-state index contributed by atoms with van der Waals surface area (Å²) in [5.74, 6) is 1.89. The van der Waals surface area contributed by atoms with Crippen LogP contribution in [0, 0.1) is 0 Å². The van der Waals surface area contributed by atoms with Crippen LogP contribution in [-0.4, -0.2) is 11.8 Å². The molecular formula is C17H16N2O2. The summed E-state index contributed by atoms with van der Waals surface area (Å²) >= 11 is 0. The molecule has 0 aliphatic rings. The number of hydrogen-bond donors (Lipinski definition) is 1. The number of benzene rings is 2. The number of nitrogen functional groups attached to an aromatic ring is 1. The van der Waals surface area contributed by atoms with Gasteiger partial charge in [-0.25, -0.2) is 0 Å². The fourth-order valence-electron chi connectivity index (χ4n) is 2.25. The minimum atomic E-state index is 0.394. The molecule has 0 aliphatic heterocycles. The molecule has 0 bridgehead atoms. The van der Waals surface area contributed by atoms with Crippen molar-refractivity contribution < 1.29 is 9.26 Å². The molecule has 106 valence electrons. The van der Waals surface area contributed by atoms with E-state index >= 15 is 0 Å². The molecule has 0 amide bonds. The van der Waals surface area contributed by atoms with E-state index < -0.39 is 0 Å². The van der Waals surface area contributed by atoms with E-state index in [1.807, 2.05) is 61.5 Å². The quantitative estimate of drug-likeness (QED) is 0.785. The highest BCUT2D eigenvalue weighted by Crippen LogP contribution is 2.36. The van der Waals surface area contributed by atoms with Crippen LogP contribution in [0.1, 0.15) is 6.92 Å². The number of aromatic nitrogens is 1. The van der Waals surface area contributed by atoms with Crippen molar-refractivity contribution in [3.63, 3.8) is 0 Å². The molecule has 0 fully saturated rings. The first kappa shape index (κ1) is 13.2. The zero-order valence-electron chi connectivity index (χ0n) is 11.7. The van der Waals surface area contributed by atoms with Gasteiger partial charge in [0.1, 0.15) is 5.75 Å². The van der Waals surface area contributed by atoms with Crippen molar-refractivity contribution in [1.82, 2.24) is 5.16 Å². The standard InChI is InChI=1S/C17H16N2O2/c1-2-20-14-10-8-13(9-11-14)16-15(17(18)19-21-16)12-6-4-3-5-7-12/h3-11H,2H2,1H3,(H2,18,19). The molecule has 3 rings (SSSR count). The molecule has 0 atom stereocenters. The first-order chi connectivity index (χ1) is 10.3. The van der Waals surface area contributed by atoms with Gasteiger partial charge in [0.05, 0.1) is 12.2 Å². The van der Waals surface area contributed by atoms with E-state index in [-0.39, 0.29) is 0 Å². The van der Waals surface area contributed by atoms with Gasteiger partial charge in [0.2, 0.25) is 0 Å². The van der Waals surface area contributed by atoms with E-state index in [1.165, 1.54) is 0 Å². The molecule has 1 aromatic heterocycles. The lowest BCUT2D eigenvalue weighted by Gasteiger charge is -2.05. The molecule has 0 saturated heterocycles. The van der Waals surface area contributed by atoms with Crippen molar-refractivity contribution in [3.8, 4) is 28.2 Å². The minimum Gasteiger partial charge on any atom is -0.494 e. The number of rotatable bonds is 4. The Morgan fingerprint density at radius 2 is 1.71 bits per heavy atom. The summed E-state index contributed by atoms with van der Waals surface area (Å²) in [6.45, 7) is 2.60. The number of nitrogens with two attached hydrogens (primary N) is 1. The van der Waals surface area contributed by atoms with E-state index in [4.69, 9.17) is 15.0 Å². The van der Waals surface area contributed by atoms with Gasteiger partial charge < -0.3 is 15.0 Å². The van der Waals surface area contributed by atoms with Crippen molar-refractivity contribution in [2.45, 2.75) is 6.92 Å². The van der Waals surface area contributed by atoms with Gasteiger partial charge in [0.25, 0.3) is 0 Å². The predicted molar refractivity (Wildman–Crippen MR) is 83.0 cm³/mol. The Hall–Kier alpha value is -2.75. The maximum absolute atomic E-state index is 5.96. The molecule has 0 radical (unpaired) electrons. The molecule has 0 saturated carbocycles. The van der Waals surface area contributed by atoms with Gasteiger partial charge in [-0.3, -0.25) is 0 Å². The number of nitrogens with zero attached hydrogens (tertiary/aromatic N) is 1. The van der Waals surface area contributed by atoms with Crippen molar-refractivity contribution >= 4 is 5.82 Å². The van der Waals surface area contributed by atoms with E-state index in [0.717, 1.165) is 22.4 Å². The van der Waals surface area contributed by atoms with Gasteiger partial charge in [0.15, 0.2) is 11.6 Å². The van der Waals surface area contributed by atoms with E-state index in [0.29, 0.717) is 18.2 Å². The third-order valence-corrected chi connectivity index (χ3v) is 3.21. The van der Waals surface area contributed by atoms with E-state index in [9.17, 15) is 0 Å². The summed E-state index contributed by atoms with van der Waals surface area (Å²) in [6.07, 6.45) is 0. The number of anilines is 1. The second-order valence-corrected chi connectivity index (χ2v) is 4.60. The highest BCUT2D eigenvalue weighted by atomic mass is 16.5. The van der Waals surface area contributed by atoms with Crippen LogP contribution >= 0.6 is 0 Å². The van der Waals surface area contributed by atoms with Crippen molar-refractivity contribution in [3.05, 3.63) is 54.6 Å². The SMILES string of the molecule is CCOc1ccc(-c2onc(N)c2-c2ccccc2)cc1. The van der Waals surface area contributed by atoms with Gasteiger partial charge in [-0.1, -0.05) is 35.5 Å². The molecule has 3 aromatic rings. The van der Waals surface area contributed by atoms with Crippen molar-refractivity contribution in [2.24, 2.45) is 0 Å². The van der Waals surface area contributed by atoms with E-state index in [1.54, 1.807) is 0 Å². The zero-order chi connectivity index (χ0) is 14.7. The van der Waals surface area contributed by atoms with Gasteiger partial charge in [-0.2, -0.15) is 0 Å². The van der Waals surface area contributed by atoms with Gasteiger partial charge in [0, 0.05) is 5.56 Å². The van der Waals surface area contributed by atoms with Crippen LogP contribution in [0.3, 0.4) is 0 Å². The molecule has 1 heterocycles. The predicted octanol–water partition coefficient (Wildman–Crippen LogP) is 3.99. The highest BCUT2D eigenvalue weighted by molar-refractivity contribution is 5.86. The van der Waals surface area contributed by atoms with Crippen molar-refractivity contribution in [1.29, 1.82) is 0 Å². The first-order valence-electron chi connectivity index (χ1n) is 6.83. The van der Waals surface area contributed by atoms with Crippen LogP contribution in [0.25, 0.3) is 22.5 Å². The average molecular weight is 280 g/mol. The Morgan fingerprint density at radius 1 is 1.00 bits per heavy atom. The largest absolute Gasteiger partial charge is 0.494 e. The first-order valence-corrected chi connectivity index (χ1v) is 6.83. The molecule has 2 aromatic carbocycles. The Bertz CT molecular complexity index is 718. The molecule has 0 spiro atoms. The maximum Gasteiger partial charge on any atom is 0.176 e. The fraction of sp³-hybridized carbons (Fsp3) is 0.118. The summed E-state index contributed by atoms with van der Waals surface area (Å²) < 4.78 is 10.9. The Labute approximate surface area is 123 Å². The molecule has 2 N–H and O–H groups in total. The van der Waals surface area contributed by atoms with Crippen LogP contribution in [0.15, 0.2) is 59.1 Å². The minimum absolute atomic E-state index is 0.394. The van der Waals surface area contributed by atoms with Gasteiger partial charge in [-0.15, -0.1) is 0 Å². The molecule has 0 aliphatic carbocycles. The second kappa shape index (κ2) is 5.71. The lowest BCUT2D eigenvalue weighted by Crippen LogP contribution is -1.91. The van der Waals surface area contributed by atoms with Gasteiger partial charge >= 0.3 is 0 Å². The van der Waals surface area contributed by atoms with Crippen LogP contribution in [0.5, 0.6) is 5.75 Å². The topological polar surface area (TPSA) is 61.3 Å². The molecular weight excluding hydrogens is 264 g/mol. The third kappa shape index (κ3) is 2.60. The zero-order valence-corrected chi connectivity index (χ0v) is 11.7. The highest BCUT2D eigenvalue weighted by Gasteiger charge is 2.17. The molecule has 4 heteroatoms. The average Bonchev–Trinajstić information content (AvgIpc) is 2.91. The molecule has 21 heavy (non-hydrogen) atoms. The second-order valence-electron chi connectivity index (χ2n) is 4.60. The van der Waals surface area contributed by atoms with Crippen LogP contribution in [0.4, 0.5) is 5.82 Å². The van der Waals surface area contributed by atoms with Crippen LogP contribution < -0.4 is 10.5 Å². The fourth-order valence-corrected chi connectivity index (χ4v) is 2.25. The Morgan fingerprint density at radius 3 is 2.38 bits per heavy atom. The summed E-state index contributed by atoms with van der Waals surface area (Å²) in [5.41, 5.74) is 8.68. The summed E-state index contributed by atoms with van der Waals surface area (Å²) in [6, 6.07) is 17.6. The van der Waals surface area contributed by atoms with Gasteiger partial charge in [-0.05, 0) is 36.8 Å². The molecule has 0 unspecified atom stereocenters. The Balaban J connectivity index is 2.03. The third-order valence-electron chi connectivity index (χ3n) is 3.21. The summed E-state index contributed by atoms with van der Waals surface area (Å²) in [5, 5.41) is 3.90. The summed E-state index contributed by atoms with van der Waals surface area (Å²) in [4.78, 5) is 0. The number of hydrogen-bond acceptors (Lipinski definition) is 4. The van der Waals surface area contributed by atoms with E-state index in [2.05, 4.69) is 5.16 Å². The lowest BCUT2D eigenvalue weighted by atomic mass is 10.0. The van der Waals surface area contributed by atoms with Crippen LogP contribution in [-0.2, 0) is 0 Å².